The maximum atomic E-state index is 5.91. The van der Waals surface area contributed by atoms with Gasteiger partial charge in [-0.2, -0.15) is 0 Å². The molecule has 1 saturated heterocycles. The summed E-state index contributed by atoms with van der Waals surface area (Å²) in [5.41, 5.74) is 6.14. The van der Waals surface area contributed by atoms with Crippen LogP contribution in [0.3, 0.4) is 0 Å². The monoisotopic (exact) mass is 226 g/mol. The van der Waals surface area contributed by atoms with Crippen LogP contribution in [0.2, 0.25) is 0 Å². The summed E-state index contributed by atoms with van der Waals surface area (Å²) in [5.74, 6) is 1.66. The zero-order valence-corrected chi connectivity index (χ0v) is 10.7. The highest BCUT2D eigenvalue weighted by molar-refractivity contribution is 5.02. The van der Waals surface area contributed by atoms with Crippen LogP contribution in [0.1, 0.15) is 39.5 Å². The van der Waals surface area contributed by atoms with Crippen LogP contribution in [0.25, 0.3) is 0 Å². The minimum absolute atomic E-state index is 0.223. The van der Waals surface area contributed by atoms with Crippen molar-refractivity contribution in [3.05, 3.63) is 0 Å². The Labute approximate surface area is 99.1 Å². The Balaban J connectivity index is 1.74. The van der Waals surface area contributed by atoms with Gasteiger partial charge in [-0.3, -0.25) is 0 Å². The third kappa shape index (κ3) is 2.58. The lowest BCUT2D eigenvalue weighted by Crippen LogP contribution is -2.62. The van der Waals surface area contributed by atoms with Crippen LogP contribution < -0.4 is 11.1 Å². The molecule has 3 heteroatoms. The second-order valence-corrected chi connectivity index (χ2v) is 5.91. The first-order chi connectivity index (χ1) is 7.65. The van der Waals surface area contributed by atoms with E-state index in [0.717, 1.165) is 31.5 Å². The van der Waals surface area contributed by atoms with Crippen molar-refractivity contribution in [2.75, 3.05) is 19.7 Å². The largest absolute Gasteiger partial charge is 0.377 e. The van der Waals surface area contributed by atoms with Crippen molar-refractivity contribution < 1.29 is 4.74 Å². The Morgan fingerprint density at radius 3 is 2.69 bits per heavy atom. The molecular formula is C13H26N2O. The van der Waals surface area contributed by atoms with Gasteiger partial charge in [-0.05, 0) is 37.5 Å². The van der Waals surface area contributed by atoms with Gasteiger partial charge in [0.15, 0.2) is 0 Å². The maximum Gasteiger partial charge on any atom is 0.0700 e. The van der Waals surface area contributed by atoms with E-state index in [4.69, 9.17) is 10.5 Å². The molecule has 0 aromatic carbocycles. The molecule has 0 aromatic rings. The third-order valence-corrected chi connectivity index (χ3v) is 4.37. The van der Waals surface area contributed by atoms with Crippen LogP contribution in [0.4, 0.5) is 0 Å². The summed E-state index contributed by atoms with van der Waals surface area (Å²) in [6, 6.07) is 0. The minimum atomic E-state index is 0.223. The number of ether oxygens (including phenoxy) is 1. The predicted molar refractivity (Wildman–Crippen MR) is 66.3 cm³/mol. The lowest BCUT2D eigenvalue weighted by atomic mass is 9.64. The molecule has 1 aliphatic heterocycles. The third-order valence-electron chi connectivity index (χ3n) is 4.37. The Hall–Kier alpha value is -0.120. The van der Waals surface area contributed by atoms with Crippen molar-refractivity contribution in [1.82, 2.24) is 5.32 Å². The van der Waals surface area contributed by atoms with Crippen molar-refractivity contribution in [3.63, 3.8) is 0 Å². The SMILES string of the molecule is CC(C)C1CC(CN)(NCC2CCCO2)C1. The molecule has 94 valence electrons. The molecule has 3 N–H and O–H groups in total. The van der Waals surface area contributed by atoms with E-state index < -0.39 is 0 Å². The van der Waals surface area contributed by atoms with E-state index in [2.05, 4.69) is 19.2 Å². The average molecular weight is 226 g/mol. The van der Waals surface area contributed by atoms with Gasteiger partial charge in [0.25, 0.3) is 0 Å². The van der Waals surface area contributed by atoms with Gasteiger partial charge in [-0.1, -0.05) is 13.8 Å². The van der Waals surface area contributed by atoms with E-state index in [1.54, 1.807) is 0 Å². The van der Waals surface area contributed by atoms with Gasteiger partial charge in [-0.15, -0.1) is 0 Å². The number of nitrogens with one attached hydrogen (secondary N) is 1. The quantitative estimate of drug-likeness (QED) is 0.747. The summed E-state index contributed by atoms with van der Waals surface area (Å²) in [4.78, 5) is 0. The molecule has 2 aliphatic rings. The highest BCUT2D eigenvalue weighted by atomic mass is 16.5. The molecule has 1 heterocycles. The summed E-state index contributed by atoms with van der Waals surface area (Å²) in [6.45, 7) is 7.32. The number of rotatable bonds is 5. The summed E-state index contributed by atoms with van der Waals surface area (Å²) in [5, 5.41) is 3.66. The van der Waals surface area contributed by atoms with Crippen LogP contribution in [-0.2, 0) is 4.74 Å². The van der Waals surface area contributed by atoms with Crippen LogP contribution in [0.15, 0.2) is 0 Å². The van der Waals surface area contributed by atoms with E-state index >= 15 is 0 Å². The van der Waals surface area contributed by atoms with Gasteiger partial charge in [-0.25, -0.2) is 0 Å². The normalized spacial score (nSPS) is 39.0. The molecule has 1 unspecified atom stereocenters. The van der Waals surface area contributed by atoms with Crippen LogP contribution in [-0.4, -0.2) is 31.3 Å². The zero-order valence-electron chi connectivity index (χ0n) is 10.7. The molecule has 1 atom stereocenters. The lowest BCUT2D eigenvalue weighted by Gasteiger charge is -2.50. The molecule has 2 fully saturated rings. The van der Waals surface area contributed by atoms with Gasteiger partial charge in [0.05, 0.1) is 6.10 Å². The first-order valence-corrected chi connectivity index (χ1v) is 6.72. The average Bonchev–Trinajstić information content (AvgIpc) is 2.69. The molecule has 3 nitrogen and oxygen atoms in total. The Kier molecular flexibility index (Phi) is 3.88. The lowest BCUT2D eigenvalue weighted by molar-refractivity contribution is 0.0497. The summed E-state index contributed by atoms with van der Waals surface area (Å²) in [7, 11) is 0. The zero-order chi connectivity index (χ0) is 11.6. The van der Waals surface area contributed by atoms with Crippen molar-refractivity contribution in [3.8, 4) is 0 Å². The molecule has 0 spiro atoms. The highest BCUT2D eigenvalue weighted by Gasteiger charge is 2.44. The first kappa shape index (κ1) is 12.3. The Morgan fingerprint density at radius 1 is 1.44 bits per heavy atom. The van der Waals surface area contributed by atoms with Crippen molar-refractivity contribution in [1.29, 1.82) is 0 Å². The van der Waals surface area contributed by atoms with Gasteiger partial charge >= 0.3 is 0 Å². The number of nitrogens with two attached hydrogens (primary N) is 1. The van der Waals surface area contributed by atoms with E-state index in [1.807, 2.05) is 0 Å². The fourth-order valence-corrected chi connectivity index (χ4v) is 2.93. The number of hydrogen-bond acceptors (Lipinski definition) is 3. The number of hydrogen-bond donors (Lipinski definition) is 2. The van der Waals surface area contributed by atoms with Crippen LogP contribution >= 0.6 is 0 Å². The summed E-state index contributed by atoms with van der Waals surface area (Å²) in [6.07, 6.45) is 5.35. The molecule has 1 saturated carbocycles. The molecular weight excluding hydrogens is 200 g/mol. The molecule has 16 heavy (non-hydrogen) atoms. The van der Waals surface area contributed by atoms with Crippen molar-refractivity contribution >= 4 is 0 Å². The van der Waals surface area contributed by atoms with Gasteiger partial charge in [0, 0.05) is 25.2 Å². The standard InChI is InChI=1S/C13H26N2O/c1-10(2)11-6-13(7-11,9-14)15-8-12-4-3-5-16-12/h10-12,15H,3-9,14H2,1-2H3. The molecule has 0 amide bonds. The smallest absolute Gasteiger partial charge is 0.0700 e. The molecule has 0 aromatic heterocycles. The van der Waals surface area contributed by atoms with E-state index in [1.165, 1.54) is 25.7 Å². The minimum Gasteiger partial charge on any atom is -0.377 e. The predicted octanol–water partition coefficient (Wildman–Crippen LogP) is 1.52. The van der Waals surface area contributed by atoms with Gasteiger partial charge in [0.2, 0.25) is 0 Å². The second-order valence-electron chi connectivity index (χ2n) is 5.91. The molecule has 0 radical (unpaired) electrons. The van der Waals surface area contributed by atoms with Crippen molar-refractivity contribution in [2.45, 2.75) is 51.2 Å². The highest BCUT2D eigenvalue weighted by Crippen LogP contribution is 2.41. The fourth-order valence-electron chi connectivity index (χ4n) is 2.93. The maximum absolute atomic E-state index is 5.91. The molecule has 1 aliphatic carbocycles. The van der Waals surface area contributed by atoms with Gasteiger partial charge in [0.1, 0.15) is 0 Å². The molecule has 0 bridgehead atoms. The summed E-state index contributed by atoms with van der Waals surface area (Å²) < 4.78 is 5.63. The van der Waals surface area contributed by atoms with E-state index in [9.17, 15) is 0 Å². The fraction of sp³-hybridized carbons (Fsp3) is 1.00. The van der Waals surface area contributed by atoms with Crippen molar-refractivity contribution in [2.24, 2.45) is 17.6 Å². The van der Waals surface area contributed by atoms with Crippen LogP contribution in [0.5, 0.6) is 0 Å². The first-order valence-electron chi connectivity index (χ1n) is 6.72. The van der Waals surface area contributed by atoms with Gasteiger partial charge < -0.3 is 15.8 Å². The van der Waals surface area contributed by atoms with E-state index in [-0.39, 0.29) is 5.54 Å². The Morgan fingerprint density at radius 2 is 2.19 bits per heavy atom. The Bertz CT molecular complexity index is 218. The van der Waals surface area contributed by atoms with Crippen LogP contribution in [0, 0.1) is 11.8 Å². The second kappa shape index (κ2) is 5.03. The topological polar surface area (TPSA) is 47.3 Å². The van der Waals surface area contributed by atoms with E-state index in [0.29, 0.717) is 6.10 Å². The molecule has 2 rings (SSSR count). The summed E-state index contributed by atoms with van der Waals surface area (Å²) >= 11 is 0.